The van der Waals surface area contributed by atoms with Gasteiger partial charge in [0.25, 0.3) is 0 Å². The average Bonchev–Trinajstić information content (AvgIpc) is 3.54. The van der Waals surface area contributed by atoms with Gasteiger partial charge in [0, 0.05) is 21.9 Å². The van der Waals surface area contributed by atoms with Crippen LogP contribution in [0.4, 0.5) is 0 Å². The number of fused-ring (bicyclic) bond motifs is 10. The Balaban J connectivity index is 1.08. The highest BCUT2D eigenvalue weighted by molar-refractivity contribution is 6.32. The number of para-hydroxylation sites is 1. The molecule has 0 bridgehead atoms. The van der Waals surface area contributed by atoms with E-state index in [1.807, 2.05) is 0 Å². The van der Waals surface area contributed by atoms with Crippen molar-refractivity contribution in [3.63, 3.8) is 0 Å². The molecule has 1 heterocycles. The summed E-state index contributed by atoms with van der Waals surface area (Å²) in [6.07, 6.45) is 13.8. The largest absolute Gasteiger partial charge is 0.312 e. The minimum absolute atomic E-state index is 0.988. The van der Waals surface area contributed by atoms with E-state index in [9.17, 15) is 0 Å². The zero-order valence-corrected chi connectivity index (χ0v) is 27.4. The van der Waals surface area contributed by atoms with Gasteiger partial charge in [-0.05, 0) is 97.8 Å². The molecular weight excluding hydrogens is 591 g/mol. The van der Waals surface area contributed by atoms with E-state index in [2.05, 4.69) is 168 Å². The molecular formula is C48H35N. The molecule has 0 aliphatic heterocycles. The van der Waals surface area contributed by atoms with Crippen molar-refractivity contribution in [3.8, 4) is 22.3 Å². The summed E-state index contributed by atoms with van der Waals surface area (Å²) >= 11 is 0. The molecule has 0 saturated carbocycles. The fraction of sp³-hybridized carbons (Fsp3) is 0.0833. The van der Waals surface area contributed by atoms with Crippen LogP contribution < -0.4 is 10.4 Å². The Morgan fingerprint density at radius 3 is 1.73 bits per heavy atom. The van der Waals surface area contributed by atoms with Crippen LogP contribution in [0.25, 0.3) is 89.0 Å². The van der Waals surface area contributed by atoms with Gasteiger partial charge in [0.2, 0.25) is 0 Å². The molecule has 1 heteroatoms. The maximum atomic E-state index is 2.58. The van der Waals surface area contributed by atoms with Gasteiger partial charge in [-0.3, -0.25) is 0 Å². The first-order valence-corrected chi connectivity index (χ1v) is 17.6. The lowest BCUT2D eigenvalue weighted by atomic mass is 9.92. The van der Waals surface area contributed by atoms with E-state index >= 15 is 0 Å². The molecule has 0 atom stereocenters. The Morgan fingerprint density at radius 2 is 1.02 bits per heavy atom. The third-order valence-electron chi connectivity index (χ3n) is 10.8. The highest BCUT2D eigenvalue weighted by Gasteiger charge is 2.21. The van der Waals surface area contributed by atoms with Crippen molar-refractivity contribution in [2.24, 2.45) is 0 Å². The number of allylic oxidation sites excluding steroid dienone is 4. The first-order chi connectivity index (χ1) is 24.3. The van der Waals surface area contributed by atoms with Crippen LogP contribution in [0.2, 0.25) is 0 Å². The predicted molar refractivity (Wildman–Crippen MR) is 211 cm³/mol. The second kappa shape index (κ2) is 11.4. The van der Waals surface area contributed by atoms with Crippen LogP contribution in [0, 0.1) is 0 Å². The van der Waals surface area contributed by atoms with E-state index in [1.54, 1.807) is 0 Å². The lowest BCUT2D eigenvalue weighted by molar-refractivity contribution is 0.993. The van der Waals surface area contributed by atoms with Gasteiger partial charge in [0.05, 0.1) is 11.0 Å². The van der Waals surface area contributed by atoms with E-state index in [0.29, 0.717) is 0 Å². The molecule has 0 fully saturated rings. The smallest absolute Gasteiger partial charge is 0.0622 e. The standard InChI is InChI=1S/C48H35N/c1-2-10-32(11-3-1)33-18-20-34(21-19-33)35-22-24-36(25-23-35)37-26-29-39(30-27-37)49-45-17-9-8-16-44(45)47-46-40-13-5-4-12-38(40)28-31-42(46)41-14-6-7-15-43(41)48(47)49/h1-3,6-26,28-29,31H,4-5,27,30H2. The van der Waals surface area contributed by atoms with Crippen molar-refractivity contribution in [1.82, 2.24) is 4.57 Å². The monoisotopic (exact) mass is 625 g/mol. The van der Waals surface area contributed by atoms with Crippen molar-refractivity contribution in [3.05, 3.63) is 168 Å². The molecule has 8 aromatic rings. The number of aromatic nitrogens is 1. The Labute approximate surface area is 286 Å². The molecule has 2 aliphatic rings. The minimum atomic E-state index is 0.988. The molecule has 2 aliphatic carbocycles. The van der Waals surface area contributed by atoms with Gasteiger partial charge < -0.3 is 4.57 Å². The number of rotatable bonds is 4. The zero-order valence-electron chi connectivity index (χ0n) is 27.4. The molecule has 10 rings (SSSR count). The van der Waals surface area contributed by atoms with Crippen LogP contribution in [0.15, 0.2) is 152 Å². The Hall–Kier alpha value is -5.92. The van der Waals surface area contributed by atoms with E-state index in [1.165, 1.54) is 92.9 Å². The molecule has 0 spiro atoms. The third kappa shape index (κ3) is 4.54. The summed E-state index contributed by atoms with van der Waals surface area (Å²) in [4.78, 5) is 0. The van der Waals surface area contributed by atoms with Gasteiger partial charge in [-0.2, -0.15) is 0 Å². The summed E-state index contributed by atoms with van der Waals surface area (Å²) in [5.41, 5.74) is 11.7. The second-order valence-electron chi connectivity index (χ2n) is 13.5. The van der Waals surface area contributed by atoms with Crippen LogP contribution in [0.5, 0.6) is 0 Å². The highest BCUT2D eigenvalue weighted by atomic mass is 15.0. The first kappa shape index (κ1) is 28.1. The summed E-state index contributed by atoms with van der Waals surface area (Å²) in [6.45, 7) is 0. The molecule has 0 unspecified atom stereocenters. The molecule has 0 radical (unpaired) electrons. The quantitative estimate of drug-likeness (QED) is 0.172. The summed E-state index contributed by atoms with van der Waals surface area (Å²) in [5.74, 6) is 0. The topological polar surface area (TPSA) is 4.93 Å². The SMILES string of the molecule is C1=C(c2ccc(-c3ccc(-c4ccccc4)cc3)cc2)CCC(n2c3ccccc3c3c4c5c(ccc4c4ccccc4c32)=CCCC=5)=C1. The van der Waals surface area contributed by atoms with Gasteiger partial charge >= 0.3 is 0 Å². The summed E-state index contributed by atoms with van der Waals surface area (Å²) in [6, 6.07) is 51.4. The molecule has 49 heavy (non-hydrogen) atoms. The van der Waals surface area contributed by atoms with Crippen LogP contribution in [0.3, 0.4) is 0 Å². The lowest BCUT2D eigenvalue weighted by Gasteiger charge is -2.19. The Kier molecular flexibility index (Phi) is 6.52. The molecule has 7 aromatic carbocycles. The van der Waals surface area contributed by atoms with E-state index in [-0.39, 0.29) is 0 Å². The fourth-order valence-corrected chi connectivity index (χ4v) is 8.38. The van der Waals surface area contributed by atoms with Crippen LogP contribution >= 0.6 is 0 Å². The minimum Gasteiger partial charge on any atom is -0.312 e. The second-order valence-corrected chi connectivity index (χ2v) is 13.5. The van der Waals surface area contributed by atoms with E-state index < -0.39 is 0 Å². The predicted octanol–water partition coefficient (Wildman–Crippen LogP) is 11.5. The summed E-state index contributed by atoms with van der Waals surface area (Å²) in [5, 5.41) is 10.9. The molecule has 0 N–H and O–H groups in total. The molecule has 1 aromatic heterocycles. The summed E-state index contributed by atoms with van der Waals surface area (Å²) < 4.78 is 2.58. The maximum Gasteiger partial charge on any atom is 0.0622 e. The number of hydrogen-bond donors (Lipinski definition) is 0. The van der Waals surface area contributed by atoms with Crippen molar-refractivity contribution in [1.29, 1.82) is 0 Å². The van der Waals surface area contributed by atoms with Crippen molar-refractivity contribution in [2.75, 3.05) is 0 Å². The molecule has 232 valence electrons. The van der Waals surface area contributed by atoms with Gasteiger partial charge in [0.15, 0.2) is 0 Å². The van der Waals surface area contributed by atoms with Gasteiger partial charge in [-0.25, -0.2) is 0 Å². The van der Waals surface area contributed by atoms with Crippen LogP contribution in [-0.4, -0.2) is 4.57 Å². The van der Waals surface area contributed by atoms with E-state index in [4.69, 9.17) is 0 Å². The van der Waals surface area contributed by atoms with Crippen molar-refractivity contribution in [2.45, 2.75) is 25.7 Å². The molecule has 0 amide bonds. The Bertz CT molecular complexity index is 2770. The molecule has 0 saturated heterocycles. The van der Waals surface area contributed by atoms with Crippen molar-refractivity contribution >= 4 is 66.8 Å². The number of nitrogens with zero attached hydrogens (tertiary/aromatic N) is 1. The summed E-state index contributed by atoms with van der Waals surface area (Å²) in [7, 11) is 0. The highest BCUT2D eigenvalue weighted by Crippen LogP contribution is 2.43. The van der Waals surface area contributed by atoms with Crippen molar-refractivity contribution < 1.29 is 0 Å². The normalized spacial score (nSPS) is 14.4. The van der Waals surface area contributed by atoms with Gasteiger partial charge in [-0.1, -0.05) is 152 Å². The molecule has 1 nitrogen and oxygen atoms in total. The fourth-order valence-electron chi connectivity index (χ4n) is 8.38. The van der Waals surface area contributed by atoms with E-state index in [0.717, 1.165) is 25.7 Å². The van der Waals surface area contributed by atoms with Crippen LogP contribution in [0.1, 0.15) is 31.2 Å². The zero-order chi connectivity index (χ0) is 32.3. The number of hydrogen-bond acceptors (Lipinski definition) is 0. The van der Waals surface area contributed by atoms with Gasteiger partial charge in [-0.15, -0.1) is 0 Å². The lowest BCUT2D eigenvalue weighted by Crippen LogP contribution is -2.27. The first-order valence-electron chi connectivity index (χ1n) is 17.6. The maximum absolute atomic E-state index is 2.58. The van der Waals surface area contributed by atoms with Gasteiger partial charge in [0.1, 0.15) is 0 Å². The number of benzene rings is 7. The van der Waals surface area contributed by atoms with Crippen LogP contribution in [-0.2, 0) is 0 Å². The Morgan fingerprint density at radius 1 is 0.408 bits per heavy atom. The average molecular weight is 626 g/mol. The third-order valence-corrected chi connectivity index (χ3v) is 10.8.